The van der Waals surface area contributed by atoms with Crippen LogP contribution in [0.5, 0.6) is 0 Å². The van der Waals surface area contributed by atoms with Gasteiger partial charge in [0.15, 0.2) is 16.3 Å². The zero-order chi connectivity index (χ0) is 40.3. The molecule has 0 aliphatic heterocycles. The van der Waals surface area contributed by atoms with Crippen molar-refractivity contribution in [2.24, 2.45) is 5.92 Å². The van der Waals surface area contributed by atoms with Crippen molar-refractivity contribution >= 4 is 27.7 Å². The van der Waals surface area contributed by atoms with Gasteiger partial charge in [0, 0.05) is 12.5 Å². The van der Waals surface area contributed by atoms with Crippen molar-refractivity contribution in [3.63, 3.8) is 0 Å². The van der Waals surface area contributed by atoms with Gasteiger partial charge < -0.3 is 9.29 Å². The normalized spacial score (nSPS) is 12.4. The van der Waals surface area contributed by atoms with Gasteiger partial charge in [-0.25, -0.2) is 13.2 Å². The fraction of sp³-hybridized carbons (Fsp3) is 0.860. The second-order valence-electron chi connectivity index (χ2n) is 15.2. The lowest BCUT2D eigenvalue weighted by Gasteiger charge is -2.17. The van der Waals surface area contributed by atoms with Crippen LogP contribution in [-0.2, 0) is 21.4 Å². The lowest BCUT2D eigenvalue weighted by atomic mass is 9.94. The number of carbonyl (C=O) groups is 1. The smallest absolute Gasteiger partial charge is 0.485 e. The van der Waals surface area contributed by atoms with Gasteiger partial charge in [-0.05, 0) is 42.8 Å². The van der Waals surface area contributed by atoms with Crippen LogP contribution < -0.4 is 4.57 Å². The Morgan fingerprint density at radius 1 is 0.667 bits per heavy atom. The number of nitrogens with zero attached hydrogens (tertiary/aromatic N) is 1. The Hall–Kier alpha value is -1.39. The van der Waals surface area contributed by atoms with Gasteiger partial charge in [-0.3, -0.25) is 0 Å². The van der Waals surface area contributed by atoms with Gasteiger partial charge in [0.05, 0.1) is 6.61 Å². The summed E-state index contributed by atoms with van der Waals surface area (Å²) in [7, 11) is -6.09. The molecule has 11 heteroatoms. The molecule has 1 heterocycles. The number of halogens is 4. The van der Waals surface area contributed by atoms with Gasteiger partial charge >= 0.3 is 11.5 Å². The highest BCUT2D eigenvalue weighted by molar-refractivity contribution is 7.86. The molecule has 0 aromatic carbocycles. The average Bonchev–Trinajstić information content (AvgIpc) is 3.12. The minimum atomic E-state index is -6.09. The number of rotatable bonds is 34. The molecule has 0 saturated heterocycles. The third kappa shape index (κ3) is 29.8. The Kier molecular flexibility index (Phi) is 33.9. The van der Waals surface area contributed by atoms with Crippen LogP contribution in [0.1, 0.15) is 224 Å². The lowest BCUT2D eigenvalue weighted by molar-refractivity contribution is -0.695. The number of unbranched alkanes of at least 4 members (excludes halogenated alkanes) is 25. The van der Waals surface area contributed by atoms with E-state index in [9.17, 15) is 18.0 Å². The SMILES string of the molecule is CCCCCCCCCCCCC(CCCCCCCCCC)COC(=O)c1ccc[n+](CCCCCCCCCCCC)c1Cl.O=S(=O)([O-])C(F)(F)F. The Bertz CT molecular complexity index is 1140. The first-order chi connectivity index (χ1) is 25.9. The zero-order valence-electron chi connectivity index (χ0n) is 34.3. The van der Waals surface area contributed by atoms with E-state index >= 15 is 0 Å². The van der Waals surface area contributed by atoms with E-state index in [4.69, 9.17) is 29.3 Å². The zero-order valence-corrected chi connectivity index (χ0v) is 35.9. The molecule has 0 aliphatic rings. The van der Waals surface area contributed by atoms with Crippen molar-refractivity contribution in [1.29, 1.82) is 0 Å². The first-order valence-corrected chi connectivity index (χ1v) is 23.5. The van der Waals surface area contributed by atoms with Crippen molar-refractivity contribution in [3.8, 4) is 0 Å². The maximum atomic E-state index is 13.2. The lowest BCUT2D eigenvalue weighted by Crippen LogP contribution is -2.36. The maximum absolute atomic E-state index is 13.2. The van der Waals surface area contributed by atoms with Crippen LogP contribution in [0.2, 0.25) is 5.15 Å². The number of ether oxygens (including phenoxy) is 1. The molecule has 0 radical (unpaired) electrons. The highest BCUT2D eigenvalue weighted by Crippen LogP contribution is 2.22. The van der Waals surface area contributed by atoms with E-state index in [1.54, 1.807) is 0 Å². The highest BCUT2D eigenvalue weighted by Gasteiger charge is 2.37. The highest BCUT2D eigenvalue weighted by atomic mass is 35.5. The van der Waals surface area contributed by atoms with Crippen LogP contribution in [-0.4, -0.2) is 31.1 Å². The Morgan fingerprint density at radius 2 is 1.00 bits per heavy atom. The summed E-state index contributed by atoms with van der Waals surface area (Å²) < 4.78 is 66.9. The second kappa shape index (κ2) is 34.8. The average molecular weight is 813 g/mol. The van der Waals surface area contributed by atoms with Crippen LogP contribution in [0.3, 0.4) is 0 Å². The van der Waals surface area contributed by atoms with Gasteiger partial charge in [0.1, 0.15) is 12.1 Å². The molecular formula is C43H77ClF3NO5S. The molecule has 0 N–H and O–H groups in total. The number of carbonyl (C=O) groups excluding carboxylic acids is 1. The summed E-state index contributed by atoms with van der Waals surface area (Å²) in [4.78, 5) is 13.2. The molecule has 1 atom stereocenters. The van der Waals surface area contributed by atoms with Crippen molar-refractivity contribution < 1.29 is 40.2 Å². The fourth-order valence-corrected chi connectivity index (χ4v) is 6.98. The predicted molar refractivity (Wildman–Crippen MR) is 217 cm³/mol. The fourth-order valence-electron chi connectivity index (χ4n) is 6.70. The van der Waals surface area contributed by atoms with Gasteiger partial charge in [-0.2, -0.15) is 17.7 Å². The number of hydrogen-bond donors (Lipinski definition) is 0. The minimum Gasteiger partial charge on any atom is -0.741 e. The number of aryl methyl sites for hydroxylation is 1. The Labute approximate surface area is 333 Å². The molecule has 1 aromatic heterocycles. The van der Waals surface area contributed by atoms with Crippen LogP contribution in [0.25, 0.3) is 0 Å². The molecule has 0 bridgehead atoms. The third-order valence-electron chi connectivity index (χ3n) is 10.1. The van der Waals surface area contributed by atoms with Crippen molar-refractivity contribution in [2.75, 3.05) is 6.61 Å². The van der Waals surface area contributed by atoms with E-state index in [0.29, 0.717) is 23.2 Å². The largest absolute Gasteiger partial charge is 0.741 e. The molecule has 318 valence electrons. The second-order valence-corrected chi connectivity index (χ2v) is 16.9. The van der Waals surface area contributed by atoms with Gasteiger partial charge in [0.25, 0.3) is 5.15 Å². The first-order valence-electron chi connectivity index (χ1n) is 21.8. The molecule has 1 rings (SSSR count). The van der Waals surface area contributed by atoms with E-state index in [1.165, 1.54) is 186 Å². The molecule has 1 aromatic rings. The van der Waals surface area contributed by atoms with E-state index in [2.05, 4.69) is 20.8 Å². The number of alkyl halides is 3. The molecular weight excluding hydrogens is 735 g/mol. The monoisotopic (exact) mass is 812 g/mol. The van der Waals surface area contributed by atoms with E-state index in [1.807, 2.05) is 22.9 Å². The standard InChI is InChI=1S/C42H77ClNO2.CHF3O3S/c1-4-7-10-13-16-19-21-24-27-30-34-39(33-29-26-23-18-15-12-9-6-3)38-46-42(45)40-35-32-37-44(41(40)43)36-31-28-25-22-20-17-14-11-8-5-2;2-1(3,4)8(5,6)7/h32,35,37,39H,4-31,33-34,36,38H2,1-3H3;(H,5,6,7)/q+1;/p-1. The van der Waals surface area contributed by atoms with Crippen LogP contribution in [0, 0.1) is 5.92 Å². The summed E-state index contributed by atoms with van der Waals surface area (Å²) in [6, 6.07) is 3.77. The van der Waals surface area contributed by atoms with Gasteiger partial charge in [-0.15, -0.1) is 0 Å². The number of esters is 1. The van der Waals surface area contributed by atoms with Gasteiger partial charge in [0.2, 0.25) is 0 Å². The molecule has 0 spiro atoms. The first kappa shape index (κ1) is 52.6. The number of hydrogen-bond acceptors (Lipinski definition) is 5. The Morgan fingerprint density at radius 3 is 1.35 bits per heavy atom. The van der Waals surface area contributed by atoms with Crippen LogP contribution in [0.4, 0.5) is 13.2 Å². The molecule has 6 nitrogen and oxygen atoms in total. The van der Waals surface area contributed by atoms with E-state index in [0.717, 1.165) is 13.0 Å². The van der Waals surface area contributed by atoms with Crippen molar-refractivity contribution in [1.82, 2.24) is 0 Å². The van der Waals surface area contributed by atoms with Gasteiger partial charge in [-0.1, -0.05) is 188 Å². The minimum absolute atomic E-state index is 0.258. The van der Waals surface area contributed by atoms with Crippen LogP contribution in [0.15, 0.2) is 18.3 Å². The summed E-state index contributed by atoms with van der Waals surface area (Å²) in [5, 5.41) is 0.526. The third-order valence-corrected chi connectivity index (χ3v) is 11.1. The molecule has 0 fully saturated rings. The predicted octanol–water partition coefficient (Wildman–Crippen LogP) is 14.2. The maximum Gasteiger partial charge on any atom is 0.485 e. The molecule has 0 amide bonds. The van der Waals surface area contributed by atoms with Crippen molar-refractivity contribution in [2.45, 2.75) is 225 Å². The number of pyridine rings is 1. The van der Waals surface area contributed by atoms with E-state index < -0.39 is 15.6 Å². The Balaban J connectivity index is 0.00000313. The molecule has 0 aliphatic carbocycles. The van der Waals surface area contributed by atoms with Crippen LogP contribution >= 0.6 is 11.6 Å². The summed E-state index contributed by atoms with van der Waals surface area (Å²) >= 11 is 6.75. The number of aromatic nitrogens is 1. The summed E-state index contributed by atoms with van der Waals surface area (Å²) in [5.74, 6) is 0.200. The summed E-state index contributed by atoms with van der Waals surface area (Å²) in [6.45, 7) is 8.23. The summed E-state index contributed by atoms with van der Waals surface area (Å²) in [5.41, 5.74) is -5.13. The summed E-state index contributed by atoms with van der Waals surface area (Å²) in [6.07, 6.45) is 41.8. The quantitative estimate of drug-likeness (QED) is 0.0173. The van der Waals surface area contributed by atoms with Crippen molar-refractivity contribution in [3.05, 3.63) is 29.0 Å². The molecule has 0 saturated carbocycles. The van der Waals surface area contributed by atoms with E-state index in [-0.39, 0.29) is 5.97 Å². The molecule has 54 heavy (non-hydrogen) atoms. The molecule has 1 unspecified atom stereocenters. The topological polar surface area (TPSA) is 87.4 Å².